The predicted molar refractivity (Wildman–Crippen MR) is 67.4 cm³/mol. The number of aromatic nitrogens is 1. The molecule has 0 fully saturated rings. The van der Waals surface area contributed by atoms with Gasteiger partial charge in [0.25, 0.3) is 0 Å². The number of carboxylic acid groups (broad SMARTS) is 1. The molecule has 0 unspecified atom stereocenters. The van der Waals surface area contributed by atoms with Crippen LogP contribution in [0, 0.1) is 20.8 Å². The van der Waals surface area contributed by atoms with Crippen molar-refractivity contribution in [3.63, 3.8) is 0 Å². The standard InChI is InChI=1S/C14H15NO2/c1-8-4-5-11(9(2)6-8)13-7-12(14(16)17)10(3)15-13/h4-7,15H,1-3H3,(H,16,17). The van der Waals surface area contributed by atoms with Gasteiger partial charge >= 0.3 is 5.97 Å². The van der Waals surface area contributed by atoms with Crippen LogP contribution in [0.15, 0.2) is 24.3 Å². The Labute approximate surface area is 100 Å². The zero-order chi connectivity index (χ0) is 12.6. The van der Waals surface area contributed by atoms with Crippen molar-refractivity contribution in [2.24, 2.45) is 0 Å². The first kappa shape index (κ1) is 11.5. The maximum Gasteiger partial charge on any atom is 0.337 e. The summed E-state index contributed by atoms with van der Waals surface area (Å²) in [7, 11) is 0. The van der Waals surface area contributed by atoms with Crippen molar-refractivity contribution in [1.29, 1.82) is 0 Å². The highest BCUT2D eigenvalue weighted by Crippen LogP contribution is 2.25. The number of hydrogen-bond acceptors (Lipinski definition) is 1. The maximum absolute atomic E-state index is 11.0. The molecule has 1 aromatic carbocycles. The van der Waals surface area contributed by atoms with Gasteiger partial charge in [0.2, 0.25) is 0 Å². The minimum absolute atomic E-state index is 0.333. The zero-order valence-corrected chi connectivity index (χ0v) is 10.2. The van der Waals surface area contributed by atoms with Gasteiger partial charge in [-0.05, 0) is 32.4 Å². The molecule has 1 heterocycles. The minimum Gasteiger partial charge on any atom is -0.478 e. The van der Waals surface area contributed by atoms with E-state index < -0.39 is 5.97 Å². The molecule has 0 radical (unpaired) electrons. The van der Waals surface area contributed by atoms with Crippen LogP contribution in [0.25, 0.3) is 11.3 Å². The summed E-state index contributed by atoms with van der Waals surface area (Å²) in [4.78, 5) is 14.1. The van der Waals surface area contributed by atoms with E-state index in [1.54, 1.807) is 13.0 Å². The van der Waals surface area contributed by atoms with E-state index in [9.17, 15) is 4.79 Å². The Morgan fingerprint density at radius 3 is 2.41 bits per heavy atom. The lowest BCUT2D eigenvalue weighted by molar-refractivity contribution is 0.0696. The van der Waals surface area contributed by atoms with Gasteiger partial charge in [-0.3, -0.25) is 0 Å². The summed E-state index contributed by atoms with van der Waals surface area (Å²) in [5.41, 5.74) is 5.27. The highest BCUT2D eigenvalue weighted by Gasteiger charge is 2.13. The molecule has 0 bridgehead atoms. The fourth-order valence-electron chi connectivity index (χ4n) is 2.04. The van der Waals surface area contributed by atoms with Crippen molar-refractivity contribution in [3.05, 3.63) is 46.6 Å². The Bertz CT molecular complexity index is 582. The van der Waals surface area contributed by atoms with E-state index in [4.69, 9.17) is 5.11 Å². The third kappa shape index (κ3) is 2.09. The zero-order valence-electron chi connectivity index (χ0n) is 10.2. The van der Waals surface area contributed by atoms with Gasteiger partial charge in [-0.1, -0.05) is 23.8 Å². The molecule has 0 saturated carbocycles. The van der Waals surface area contributed by atoms with Crippen LogP contribution in [0.4, 0.5) is 0 Å². The molecule has 0 amide bonds. The number of aromatic carboxylic acids is 1. The van der Waals surface area contributed by atoms with Crippen LogP contribution in [0.3, 0.4) is 0 Å². The molecule has 0 aliphatic carbocycles. The Kier molecular flexibility index (Phi) is 2.76. The van der Waals surface area contributed by atoms with Gasteiger partial charge in [-0.15, -0.1) is 0 Å². The van der Waals surface area contributed by atoms with Crippen molar-refractivity contribution in [2.45, 2.75) is 20.8 Å². The van der Waals surface area contributed by atoms with Crippen molar-refractivity contribution >= 4 is 5.97 Å². The van der Waals surface area contributed by atoms with Gasteiger partial charge in [0, 0.05) is 17.0 Å². The Morgan fingerprint density at radius 1 is 1.18 bits per heavy atom. The molecule has 2 rings (SSSR count). The minimum atomic E-state index is -0.894. The summed E-state index contributed by atoms with van der Waals surface area (Å²) in [6.45, 7) is 5.84. The summed E-state index contributed by atoms with van der Waals surface area (Å²) in [6, 6.07) is 7.82. The van der Waals surface area contributed by atoms with E-state index in [1.807, 2.05) is 26.0 Å². The average molecular weight is 229 g/mol. The first-order valence-electron chi connectivity index (χ1n) is 5.49. The average Bonchev–Trinajstić information content (AvgIpc) is 2.60. The van der Waals surface area contributed by atoms with Gasteiger partial charge in [0.1, 0.15) is 0 Å². The fourth-order valence-corrected chi connectivity index (χ4v) is 2.04. The van der Waals surface area contributed by atoms with Crippen molar-refractivity contribution in [1.82, 2.24) is 4.98 Å². The number of aromatic amines is 1. The van der Waals surface area contributed by atoms with E-state index in [-0.39, 0.29) is 0 Å². The van der Waals surface area contributed by atoms with Gasteiger partial charge in [0.15, 0.2) is 0 Å². The molecule has 2 N–H and O–H groups in total. The summed E-state index contributed by atoms with van der Waals surface area (Å²) >= 11 is 0. The monoisotopic (exact) mass is 229 g/mol. The van der Waals surface area contributed by atoms with E-state index in [1.165, 1.54) is 5.56 Å². The van der Waals surface area contributed by atoms with E-state index in [2.05, 4.69) is 11.1 Å². The molecular formula is C14H15NO2. The second-order valence-corrected chi connectivity index (χ2v) is 4.35. The maximum atomic E-state index is 11.0. The van der Waals surface area contributed by atoms with Gasteiger partial charge in [0.05, 0.1) is 5.56 Å². The largest absolute Gasteiger partial charge is 0.478 e. The number of rotatable bonds is 2. The Hall–Kier alpha value is -2.03. The van der Waals surface area contributed by atoms with E-state index >= 15 is 0 Å². The molecule has 0 aliphatic rings. The summed E-state index contributed by atoms with van der Waals surface area (Å²) in [5, 5.41) is 9.02. The molecule has 0 atom stereocenters. The molecule has 0 spiro atoms. The van der Waals surface area contributed by atoms with Crippen LogP contribution in [-0.2, 0) is 0 Å². The molecule has 17 heavy (non-hydrogen) atoms. The molecule has 0 aliphatic heterocycles. The number of H-pyrrole nitrogens is 1. The summed E-state index contributed by atoms with van der Waals surface area (Å²) in [5.74, 6) is -0.894. The van der Waals surface area contributed by atoms with Crippen molar-refractivity contribution in [2.75, 3.05) is 0 Å². The summed E-state index contributed by atoms with van der Waals surface area (Å²) < 4.78 is 0. The lowest BCUT2D eigenvalue weighted by Crippen LogP contribution is -1.95. The number of carboxylic acids is 1. The highest BCUT2D eigenvalue weighted by atomic mass is 16.4. The van der Waals surface area contributed by atoms with Gasteiger partial charge in [-0.2, -0.15) is 0 Å². The second-order valence-electron chi connectivity index (χ2n) is 4.35. The predicted octanol–water partition coefficient (Wildman–Crippen LogP) is 3.31. The first-order chi connectivity index (χ1) is 7.99. The Morgan fingerprint density at radius 2 is 1.88 bits per heavy atom. The van der Waals surface area contributed by atoms with Crippen LogP contribution >= 0.6 is 0 Å². The third-order valence-electron chi connectivity index (χ3n) is 2.92. The van der Waals surface area contributed by atoms with Crippen LogP contribution in [-0.4, -0.2) is 16.1 Å². The first-order valence-corrected chi connectivity index (χ1v) is 5.49. The van der Waals surface area contributed by atoms with Crippen molar-refractivity contribution < 1.29 is 9.90 Å². The molecule has 1 aromatic heterocycles. The molecule has 88 valence electrons. The quantitative estimate of drug-likeness (QED) is 0.830. The highest BCUT2D eigenvalue weighted by molar-refractivity contribution is 5.91. The van der Waals surface area contributed by atoms with E-state index in [0.29, 0.717) is 11.3 Å². The number of hydrogen-bond donors (Lipinski definition) is 2. The Balaban J connectivity index is 2.53. The fraction of sp³-hybridized carbons (Fsp3) is 0.214. The second kappa shape index (κ2) is 4.09. The SMILES string of the molecule is Cc1ccc(-c2cc(C(=O)O)c(C)[nH]2)c(C)c1. The smallest absolute Gasteiger partial charge is 0.337 e. The molecule has 3 heteroatoms. The number of benzene rings is 1. The van der Waals surface area contributed by atoms with Crippen LogP contribution in [0.1, 0.15) is 27.2 Å². The van der Waals surface area contributed by atoms with Crippen LogP contribution in [0.2, 0.25) is 0 Å². The van der Waals surface area contributed by atoms with Crippen molar-refractivity contribution in [3.8, 4) is 11.3 Å². The molecule has 2 aromatic rings. The van der Waals surface area contributed by atoms with Crippen LogP contribution in [0.5, 0.6) is 0 Å². The van der Waals surface area contributed by atoms with Gasteiger partial charge in [-0.25, -0.2) is 4.79 Å². The van der Waals surface area contributed by atoms with Gasteiger partial charge < -0.3 is 10.1 Å². The molecule has 3 nitrogen and oxygen atoms in total. The van der Waals surface area contributed by atoms with E-state index in [0.717, 1.165) is 16.8 Å². The van der Waals surface area contributed by atoms with Crippen LogP contribution < -0.4 is 0 Å². The lowest BCUT2D eigenvalue weighted by atomic mass is 10.0. The lowest BCUT2D eigenvalue weighted by Gasteiger charge is -2.04. The molecular weight excluding hydrogens is 214 g/mol. The number of carbonyl (C=O) groups is 1. The third-order valence-corrected chi connectivity index (χ3v) is 2.92. The molecule has 0 saturated heterocycles. The topological polar surface area (TPSA) is 53.1 Å². The normalized spacial score (nSPS) is 10.5. The number of nitrogens with one attached hydrogen (secondary N) is 1. The summed E-state index contributed by atoms with van der Waals surface area (Å²) in [6.07, 6.45) is 0. The number of aryl methyl sites for hydroxylation is 3.